The number of nitrogens with one attached hydrogen (secondary N) is 2. The third kappa shape index (κ3) is 4.32. The standard InChI is InChI=1S/C25H24FN3O3/c1-3-16-11-13-17(14-12-16)27-25(31)23-15(2)22-20(9-6-10-21(22)32-23)28-29-24(30)18-7-4-5-8-19(18)26/h4-5,7-8,11-14H,3,6,9-10H2,1-2H3,(H,27,31)(H,29,30)/b28-20+. The minimum absolute atomic E-state index is 0.0778. The second-order valence-corrected chi connectivity index (χ2v) is 7.69. The predicted molar refractivity (Wildman–Crippen MR) is 121 cm³/mol. The Bertz CT molecular complexity index is 1200. The Kier molecular flexibility index (Phi) is 6.16. The molecule has 0 bridgehead atoms. The fraction of sp³-hybridized carbons (Fsp3) is 0.240. The van der Waals surface area contributed by atoms with Crippen molar-refractivity contribution >= 4 is 23.2 Å². The van der Waals surface area contributed by atoms with Gasteiger partial charge in [0.05, 0.1) is 11.3 Å². The average Bonchev–Trinajstić information content (AvgIpc) is 3.15. The Hall–Kier alpha value is -3.74. The molecule has 0 saturated carbocycles. The second kappa shape index (κ2) is 9.18. The number of anilines is 1. The summed E-state index contributed by atoms with van der Waals surface area (Å²) >= 11 is 0. The van der Waals surface area contributed by atoms with Crippen LogP contribution in [0.25, 0.3) is 0 Å². The maximum absolute atomic E-state index is 13.9. The van der Waals surface area contributed by atoms with Crippen LogP contribution >= 0.6 is 0 Å². The molecule has 164 valence electrons. The van der Waals surface area contributed by atoms with Crippen molar-refractivity contribution in [2.75, 3.05) is 5.32 Å². The highest BCUT2D eigenvalue weighted by Gasteiger charge is 2.28. The van der Waals surface area contributed by atoms with Gasteiger partial charge in [-0.3, -0.25) is 9.59 Å². The van der Waals surface area contributed by atoms with Crippen molar-refractivity contribution in [3.8, 4) is 0 Å². The van der Waals surface area contributed by atoms with E-state index in [0.29, 0.717) is 35.6 Å². The van der Waals surface area contributed by atoms with Crippen LogP contribution in [0, 0.1) is 12.7 Å². The highest BCUT2D eigenvalue weighted by atomic mass is 19.1. The minimum Gasteiger partial charge on any atom is -0.455 e. The molecule has 7 heteroatoms. The molecule has 2 amide bonds. The molecule has 2 N–H and O–H groups in total. The van der Waals surface area contributed by atoms with Gasteiger partial charge in [0.2, 0.25) is 0 Å². The number of benzene rings is 2. The smallest absolute Gasteiger partial charge is 0.291 e. The van der Waals surface area contributed by atoms with Gasteiger partial charge in [-0.1, -0.05) is 31.2 Å². The van der Waals surface area contributed by atoms with Crippen LogP contribution in [0.3, 0.4) is 0 Å². The van der Waals surface area contributed by atoms with Crippen LogP contribution < -0.4 is 10.7 Å². The first-order valence-corrected chi connectivity index (χ1v) is 10.6. The van der Waals surface area contributed by atoms with E-state index in [9.17, 15) is 14.0 Å². The third-order valence-corrected chi connectivity index (χ3v) is 5.56. The van der Waals surface area contributed by atoms with Crippen molar-refractivity contribution < 1.29 is 18.4 Å². The number of nitrogens with zero attached hydrogens (tertiary/aromatic N) is 1. The van der Waals surface area contributed by atoms with Gasteiger partial charge in [-0.15, -0.1) is 0 Å². The number of furan rings is 1. The molecule has 1 heterocycles. The van der Waals surface area contributed by atoms with Gasteiger partial charge in [0.25, 0.3) is 11.8 Å². The van der Waals surface area contributed by atoms with Crippen LogP contribution in [0.5, 0.6) is 0 Å². The Labute approximate surface area is 185 Å². The first-order valence-electron chi connectivity index (χ1n) is 10.6. The summed E-state index contributed by atoms with van der Waals surface area (Å²) in [6, 6.07) is 13.4. The summed E-state index contributed by atoms with van der Waals surface area (Å²) in [5.74, 6) is -0.683. The number of fused-ring (bicyclic) bond motifs is 1. The summed E-state index contributed by atoms with van der Waals surface area (Å²) in [4.78, 5) is 25.2. The molecule has 6 nitrogen and oxygen atoms in total. The summed E-state index contributed by atoms with van der Waals surface area (Å²) in [6.07, 6.45) is 2.99. The van der Waals surface area contributed by atoms with Gasteiger partial charge in [-0.25, -0.2) is 9.82 Å². The van der Waals surface area contributed by atoms with Crippen molar-refractivity contribution in [1.82, 2.24) is 5.43 Å². The van der Waals surface area contributed by atoms with Crippen molar-refractivity contribution in [1.29, 1.82) is 0 Å². The quantitative estimate of drug-likeness (QED) is 0.555. The van der Waals surface area contributed by atoms with Gasteiger partial charge in [-0.2, -0.15) is 5.10 Å². The van der Waals surface area contributed by atoms with Crippen LogP contribution in [0.4, 0.5) is 10.1 Å². The van der Waals surface area contributed by atoms with Crippen molar-refractivity contribution in [3.05, 3.63) is 88.1 Å². The number of hydrogen-bond acceptors (Lipinski definition) is 4. The lowest BCUT2D eigenvalue weighted by Crippen LogP contribution is -2.23. The number of hydrazone groups is 1. The fourth-order valence-electron chi connectivity index (χ4n) is 3.83. The van der Waals surface area contributed by atoms with Gasteiger partial charge < -0.3 is 9.73 Å². The number of amides is 2. The van der Waals surface area contributed by atoms with E-state index in [1.165, 1.54) is 23.8 Å². The third-order valence-electron chi connectivity index (χ3n) is 5.56. The lowest BCUT2D eigenvalue weighted by Gasteiger charge is -2.13. The van der Waals surface area contributed by atoms with Crippen molar-refractivity contribution in [2.24, 2.45) is 5.10 Å². The van der Waals surface area contributed by atoms with Gasteiger partial charge >= 0.3 is 0 Å². The molecule has 0 atom stereocenters. The van der Waals surface area contributed by atoms with Crippen molar-refractivity contribution in [3.63, 3.8) is 0 Å². The van der Waals surface area contributed by atoms with Gasteiger partial charge in [0.15, 0.2) is 5.76 Å². The lowest BCUT2D eigenvalue weighted by molar-refractivity contribution is 0.0949. The van der Waals surface area contributed by atoms with E-state index in [2.05, 4.69) is 22.8 Å². The minimum atomic E-state index is -0.627. The number of hydrogen-bond donors (Lipinski definition) is 2. The average molecular weight is 433 g/mol. The van der Waals surface area contributed by atoms with E-state index in [-0.39, 0.29) is 17.2 Å². The van der Waals surface area contributed by atoms with E-state index in [1.807, 2.05) is 24.3 Å². The van der Waals surface area contributed by atoms with E-state index < -0.39 is 11.7 Å². The molecule has 1 aliphatic carbocycles. The van der Waals surface area contributed by atoms with Crippen LogP contribution in [-0.4, -0.2) is 17.5 Å². The molecule has 0 radical (unpaired) electrons. The fourth-order valence-corrected chi connectivity index (χ4v) is 3.83. The molecule has 0 saturated heterocycles. The zero-order chi connectivity index (χ0) is 22.7. The first-order chi connectivity index (χ1) is 15.5. The summed E-state index contributed by atoms with van der Waals surface area (Å²) < 4.78 is 19.7. The maximum atomic E-state index is 13.9. The Morgan fingerprint density at radius 3 is 2.53 bits per heavy atom. The predicted octanol–water partition coefficient (Wildman–Crippen LogP) is 5.01. The number of halogens is 1. The molecule has 0 fully saturated rings. The molecule has 32 heavy (non-hydrogen) atoms. The molecule has 4 rings (SSSR count). The summed E-state index contributed by atoms with van der Waals surface area (Å²) in [5, 5.41) is 7.11. The number of rotatable bonds is 5. The van der Waals surface area contributed by atoms with E-state index >= 15 is 0 Å². The zero-order valence-corrected chi connectivity index (χ0v) is 18.0. The molecule has 0 spiro atoms. The van der Waals surface area contributed by atoms with E-state index in [4.69, 9.17) is 4.42 Å². The van der Waals surface area contributed by atoms with Gasteiger partial charge in [0.1, 0.15) is 11.6 Å². The molecule has 2 aromatic carbocycles. The first kappa shape index (κ1) is 21.5. The summed E-state index contributed by atoms with van der Waals surface area (Å²) in [5.41, 5.74) is 6.24. The Morgan fingerprint density at radius 2 is 1.81 bits per heavy atom. The Balaban J connectivity index is 1.55. The molecule has 1 aliphatic rings. The summed E-state index contributed by atoms with van der Waals surface area (Å²) in [7, 11) is 0. The number of aryl methyl sites for hydroxylation is 2. The number of carbonyl (C=O) groups is 2. The zero-order valence-electron chi connectivity index (χ0n) is 18.0. The SMILES string of the molecule is CCc1ccc(NC(=O)c2oc3c(c2C)/C(=N/NC(=O)c2ccccc2F)CCC3)cc1. The highest BCUT2D eigenvalue weighted by Crippen LogP contribution is 2.30. The Morgan fingerprint density at radius 1 is 1.06 bits per heavy atom. The molecule has 0 aliphatic heterocycles. The van der Waals surface area contributed by atoms with Crippen LogP contribution in [0.2, 0.25) is 0 Å². The highest BCUT2D eigenvalue weighted by molar-refractivity contribution is 6.09. The van der Waals surface area contributed by atoms with E-state index in [0.717, 1.165) is 18.4 Å². The van der Waals surface area contributed by atoms with Crippen LogP contribution in [0.15, 0.2) is 58.0 Å². The molecular formula is C25H24FN3O3. The van der Waals surface area contributed by atoms with E-state index in [1.54, 1.807) is 13.0 Å². The number of carbonyl (C=O) groups excluding carboxylic acids is 2. The lowest BCUT2D eigenvalue weighted by atomic mass is 9.93. The van der Waals surface area contributed by atoms with Crippen LogP contribution in [0.1, 0.15) is 63.1 Å². The molecule has 1 aromatic heterocycles. The normalized spacial score (nSPS) is 14.2. The molecular weight excluding hydrogens is 409 g/mol. The monoisotopic (exact) mass is 433 g/mol. The van der Waals surface area contributed by atoms with Crippen LogP contribution in [-0.2, 0) is 12.8 Å². The second-order valence-electron chi connectivity index (χ2n) is 7.69. The van der Waals surface area contributed by atoms with Gasteiger partial charge in [0, 0.05) is 23.2 Å². The maximum Gasteiger partial charge on any atom is 0.291 e. The molecule has 0 unspecified atom stereocenters. The largest absolute Gasteiger partial charge is 0.455 e. The topological polar surface area (TPSA) is 83.7 Å². The van der Waals surface area contributed by atoms with Gasteiger partial charge in [-0.05, 0) is 56.0 Å². The summed E-state index contributed by atoms with van der Waals surface area (Å²) in [6.45, 7) is 3.87. The van der Waals surface area contributed by atoms with Crippen molar-refractivity contribution in [2.45, 2.75) is 39.5 Å². The molecule has 3 aromatic rings.